The van der Waals surface area contributed by atoms with E-state index in [9.17, 15) is 13.2 Å². The molecule has 0 spiro atoms. The summed E-state index contributed by atoms with van der Waals surface area (Å²) in [5.41, 5.74) is 0.474. The van der Waals surface area contributed by atoms with Crippen LogP contribution in [0.15, 0.2) is 29.2 Å². The molecule has 0 saturated heterocycles. The minimum absolute atomic E-state index is 0.0377. The molecule has 0 bridgehead atoms. The van der Waals surface area contributed by atoms with Crippen molar-refractivity contribution in [2.24, 2.45) is 0 Å². The fourth-order valence-corrected chi connectivity index (χ4v) is 2.12. The Bertz CT molecular complexity index is 467. The highest BCUT2D eigenvalue weighted by molar-refractivity contribution is 7.90. The standard InChI is InChI=1S/C9H11NO4S/c1-7(12)10-15(13,14)9-4-2-3-8(5-9)6-11/h2-5,11H,6H2,1H3,(H,10,12). The first kappa shape index (κ1) is 11.7. The molecule has 0 atom stereocenters. The molecule has 1 aromatic carbocycles. The first-order valence-corrected chi connectivity index (χ1v) is 5.67. The van der Waals surface area contributed by atoms with Gasteiger partial charge in [-0.3, -0.25) is 4.79 Å². The summed E-state index contributed by atoms with van der Waals surface area (Å²) in [7, 11) is -3.80. The van der Waals surface area contributed by atoms with Gasteiger partial charge in [0.25, 0.3) is 10.0 Å². The number of amides is 1. The van der Waals surface area contributed by atoms with Crippen molar-refractivity contribution < 1.29 is 18.3 Å². The van der Waals surface area contributed by atoms with Crippen molar-refractivity contribution in [1.82, 2.24) is 4.72 Å². The molecular formula is C9H11NO4S. The molecule has 6 heteroatoms. The lowest BCUT2D eigenvalue weighted by Crippen LogP contribution is -2.28. The summed E-state index contributed by atoms with van der Waals surface area (Å²) in [6.07, 6.45) is 0. The van der Waals surface area contributed by atoms with Gasteiger partial charge in [-0.05, 0) is 17.7 Å². The molecule has 1 amide bonds. The minimum atomic E-state index is -3.80. The number of hydrogen-bond donors (Lipinski definition) is 2. The van der Waals surface area contributed by atoms with Gasteiger partial charge in [-0.2, -0.15) is 0 Å². The highest BCUT2D eigenvalue weighted by Gasteiger charge is 2.15. The molecule has 5 nitrogen and oxygen atoms in total. The summed E-state index contributed by atoms with van der Waals surface area (Å²) in [5, 5.41) is 8.83. The van der Waals surface area contributed by atoms with Crippen LogP contribution >= 0.6 is 0 Å². The normalized spacial score (nSPS) is 11.1. The molecular weight excluding hydrogens is 218 g/mol. The molecule has 0 aromatic heterocycles. The van der Waals surface area contributed by atoms with Crippen molar-refractivity contribution in [3.05, 3.63) is 29.8 Å². The Labute approximate surface area is 87.8 Å². The van der Waals surface area contributed by atoms with Crippen LogP contribution in [0.3, 0.4) is 0 Å². The zero-order valence-corrected chi connectivity index (χ0v) is 8.91. The van der Waals surface area contributed by atoms with Crippen molar-refractivity contribution in [2.75, 3.05) is 0 Å². The summed E-state index contributed by atoms with van der Waals surface area (Å²) < 4.78 is 24.8. The van der Waals surface area contributed by atoms with Crippen LogP contribution in [-0.4, -0.2) is 19.4 Å². The number of aliphatic hydroxyl groups is 1. The largest absolute Gasteiger partial charge is 0.392 e. The third kappa shape index (κ3) is 3.03. The van der Waals surface area contributed by atoms with Gasteiger partial charge in [0.1, 0.15) is 0 Å². The summed E-state index contributed by atoms with van der Waals surface area (Å²) in [6.45, 7) is 0.872. The lowest BCUT2D eigenvalue weighted by atomic mass is 10.2. The van der Waals surface area contributed by atoms with Crippen molar-refractivity contribution in [2.45, 2.75) is 18.4 Å². The second-order valence-corrected chi connectivity index (χ2v) is 4.65. The van der Waals surface area contributed by atoms with Crippen LogP contribution in [0.1, 0.15) is 12.5 Å². The number of sulfonamides is 1. The van der Waals surface area contributed by atoms with Crippen molar-refractivity contribution in [3.63, 3.8) is 0 Å². The number of aliphatic hydroxyl groups excluding tert-OH is 1. The highest BCUT2D eigenvalue weighted by atomic mass is 32.2. The van der Waals surface area contributed by atoms with Crippen molar-refractivity contribution in [1.29, 1.82) is 0 Å². The zero-order chi connectivity index (χ0) is 11.5. The van der Waals surface area contributed by atoms with E-state index >= 15 is 0 Å². The third-order valence-corrected chi connectivity index (χ3v) is 3.10. The van der Waals surface area contributed by atoms with E-state index in [2.05, 4.69) is 0 Å². The minimum Gasteiger partial charge on any atom is -0.392 e. The van der Waals surface area contributed by atoms with Crippen LogP contribution in [0.25, 0.3) is 0 Å². The van der Waals surface area contributed by atoms with E-state index in [0.717, 1.165) is 6.92 Å². The second kappa shape index (κ2) is 4.41. The van der Waals surface area contributed by atoms with Crippen LogP contribution in [0.4, 0.5) is 0 Å². The first-order chi connectivity index (χ1) is 6.95. The molecule has 82 valence electrons. The molecule has 0 heterocycles. The average molecular weight is 229 g/mol. The van der Waals surface area contributed by atoms with Gasteiger partial charge in [0.05, 0.1) is 11.5 Å². The van der Waals surface area contributed by atoms with E-state index in [-0.39, 0.29) is 11.5 Å². The molecule has 0 fully saturated rings. The average Bonchev–Trinajstić information content (AvgIpc) is 2.16. The SMILES string of the molecule is CC(=O)NS(=O)(=O)c1cccc(CO)c1. The maximum atomic E-state index is 11.5. The van der Waals surface area contributed by atoms with E-state index in [0.29, 0.717) is 5.56 Å². The first-order valence-electron chi connectivity index (χ1n) is 4.19. The van der Waals surface area contributed by atoms with Crippen LogP contribution < -0.4 is 4.72 Å². The van der Waals surface area contributed by atoms with E-state index < -0.39 is 15.9 Å². The van der Waals surface area contributed by atoms with Crippen LogP contribution in [0.2, 0.25) is 0 Å². The Kier molecular flexibility index (Phi) is 3.43. The summed E-state index contributed by atoms with van der Waals surface area (Å²) in [6, 6.07) is 5.75. The Hall–Kier alpha value is -1.40. The summed E-state index contributed by atoms with van der Waals surface area (Å²) >= 11 is 0. The Morgan fingerprint density at radius 2 is 2.13 bits per heavy atom. The third-order valence-electron chi connectivity index (χ3n) is 1.67. The molecule has 0 aliphatic heterocycles. The van der Waals surface area contributed by atoms with Gasteiger partial charge in [0, 0.05) is 6.92 Å². The second-order valence-electron chi connectivity index (χ2n) is 2.97. The fraction of sp³-hybridized carbons (Fsp3) is 0.222. The van der Waals surface area contributed by atoms with Gasteiger partial charge < -0.3 is 5.11 Å². The van der Waals surface area contributed by atoms with Gasteiger partial charge in [0.15, 0.2) is 0 Å². The lowest BCUT2D eigenvalue weighted by Gasteiger charge is -2.05. The molecule has 1 rings (SSSR count). The maximum Gasteiger partial charge on any atom is 0.264 e. The number of carbonyl (C=O) groups excluding carboxylic acids is 1. The van der Waals surface area contributed by atoms with Gasteiger partial charge >= 0.3 is 0 Å². The molecule has 15 heavy (non-hydrogen) atoms. The van der Waals surface area contributed by atoms with E-state index in [1.165, 1.54) is 18.2 Å². The molecule has 0 unspecified atom stereocenters. The Morgan fingerprint density at radius 3 is 2.67 bits per heavy atom. The summed E-state index contributed by atoms with van der Waals surface area (Å²) in [4.78, 5) is 10.6. The van der Waals surface area contributed by atoms with Crippen LogP contribution in [0.5, 0.6) is 0 Å². The maximum absolute atomic E-state index is 11.5. The molecule has 0 aliphatic carbocycles. The van der Waals surface area contributed by atoms with Gasteiger partial charge in [-0.1, -0.05) is 12.1 Å². The summed E-state index contributed by atoms with van der Waals surface area (Å²) in [5.74, 6) is -0.649. The molecule has 1 aromatic rings. The number of carbonyl (C=O) groups is 1. The van der Waals surface area contributed by atoms with E-state index in [1.54, 1.807) is 6.07 Å². The highest BCUT2D eigenvalue weighted by Crippen LogP contribution is 2.11. The molecule has 0 radical (unpaired) electrons. The smallest absolute Gasteiger partial charge is 0.264 e. The van der Waals surface area contributed by atoms with Gasteiger partial charge in [-0.25, -0.2) is 13.1 Å². The Balaban J connectivity index is 3.10. The zero-order valence-electron chi connectivity index (χ0n) is 8.10. The predicted molar refractivity (Wildman–Crippen MR) is 53.4 cm³/mol. The quantitative estimate of drug-likeness (QED) is 0.764. The number of rotatable bonds is 3. The van der Waals surface area contributed by atoms with E-state index in [1.807, 2.05) is 4.72 Å². The lowest BCUT2D eigenvalue weighted by molar-refractivity contribution is -0.117. The number of hydrogen-bond acceptors (Lipinski definition) is 4. The van der Waals surface area contributed by atoms with Gasteiger partial charge in [0.2, 0.25) is 5.91 Å². The monoisotopic (exact) mass is 229 g/mol. The van der Waals surface area contributed by atoms with Crippen LogP contribution in [0, 0.1) is 0 Å². The molecule has 2 N–H and O–H groups in total. The topological polar surface area (TPSA) is 83.5 Å². The van der Waals surface area contributed by atoms with E-state index in [4.69, 9.17) is 5.11 Å². The van der Waals surface area contributed by atoms with Crippen LogP contribution in [-0.2, 0) is 21.4 Å². The molecule has 0 aliphatic rings. The van der Waals surface area contributed by atoms with Crippen molar-refractivity contribution >= 4 is 15.9 Å². The predicted octanol–water partition coefficient (Wildman–Crippen LogP) is 0.00370. The number of benzene rings is 1. The van der Waals surface area contributed by atoms with Crippen molar-refractivity contribution in [3.8, 4) is 0 Å². The van der Waals surface area contributed by atoms with Gasteiger partial charge in [-0.15, -0.1) is 0 Å². The number of nitrogens with one attached hydrogen (secondary N) is 1. The fourth-order valence-electron chi connectivity index (χ4n) is 1.06. The molecule has 0 saturated carbocycles. The Morgan fingerprint density at radius 1 is 1.47 bits per heavy atom.